The van der Waals surface area contributed by atoms with Gasteiger partial charge < -0.3 is 15.8 Å². The molecule has 8 nitrogen and oxygen atoms in total. The summed E-state index contributed by atoms with van der Waals surface area (Å²) in [6.45, 7) is -0.126. The van der Waals surface area contributed by atoms with Crippen LogP contribution in [0.3, 0.4) is 0 Å². The highest BCUT2D eigenvalue weighted by atomic mass is 32.1. The molecule has 4 aromatic rings. The molecule has 1 atom stereocenters. The first-order valence-corrected chi connectivity index (χ1v) is 11.1. The molecule has 2 aromatic carbocycles. The normalized spacial score (nSPS) is 11.5. The van der Waals surface area contributed by atoms with Gasteiger partial charge >= 0.3 is 12.1 Å². The first-order chi connectivity index (χ1) is 15.5. The van der Waals surface area contributed by atoms with E-state index >= 15 is 0 Å². The van der Waals surface area contributed by atoms with Crippen molar-refractivity contribution in [2.45, 2.75) is 6.04 Å². The Balaban J connectivity index is 1.53. The molecule has 0 aliphatic carbocycles. The van der Waals surface area contributed by atoms with Gasteiger partial charge in [-0.1, -0.05) is 36.4 Å². The number of terminal acetylenes is 1. The van der Waals surface area contributed by atoms with Crippen LogP contribution in [0.25, 0.3) is 21.3 Å². The van der Waals surface area contributed by atoms with Crippen LogP contribution in [0.2, 0.25) is 0 Å². The highest BCUT2D eigenvalue weighted by molar-refractivity contribution is 7.17. The first-order valence-electron chi connectivity index (χ1n) is 9.38. The van der Waals surface area contributed by atoms with Gasteiger partial charge in [0.1, 0.15) is 12.4 Å². The average Bonchev–Trinajstić information content (AvgIpc) is 3.45. The van der Waals surface area contributed by atoms with Gasteiger partial charge in [0, 0.05) is 10.9 Å². The number of aromatic nitrogens is 2. The summed E-state index contributed by atoms with van der Waals surface area (Å²) in [5, 5.41) is 7.48. The van der Waals surface area contributed by atoms with E-state index in [-0.39, 0.29) is 6.61 Å². The minimum absolute atomic E-state index is 0.126. The van der Waals surface area contributed by atoms with Crippen molar-refractivity contribution in [1.29, 1.82) is 0 Å². The lowest BCUT2D eigenvalue weighted by Gasteiger charge is -2.19. The molecular weight excluding hydrogens is 446 g/mol. The molecular formula is C22H17N5O3S2. The molecule has 2 heterocycles. The fraction of sp³-hybridized carbons (Fsp3) is 0.0909. The Kier molecular flexibility index (Phi) is 6.30. The number of nitrogens with two attached hydrogens (primary N) is 1. The van der Waals surface area contributed by atoms with Gasteiger partial charge in [-0.3, -0.25) is 5.32 Å². The van der Waals surface area contributed by atoms with Crippen LogP contribution in [0.15, 0.2) is 53.4 Å². The molecule has 0 spiro atoms. The Morgan fingerprint density at radius 1 is 1.19 bits per heavy atom. The Morgan fingerprint density at radius 3 is 2.72 bits per heavy atom. The molecule has 10 heteroatoms. The third-order valence-electron chi connectivity index (χ3n) is 4.55. The smallest absolute Gasteiger partial charge is 0.404 e. The highest BCUT2D eigenvalue weighted by Gasteiger charge is 2.18. The summed E-state index contributed by atoms with van der Waals surface area (Å²) in [7, 11) is 0. The summed E-state index contributed by atoms with van der Waals surface area (Å²) >= 11 is 2.82. The zero-order valence-electron chi connectivity index (χ0n) is 16.6. The van der Waals surface area contributed by atoms with Gasteiger partial charge in [0.05, 0.1) is 21.8 Å². The lowest BCUT2D eigenvalue weighted by atomic mass is 10.0. The molecule has 0 fully saturated rings. The van der Waals surface area contributed by atoms with Crippen LogP contribution < -0.4 is 16.4 Å². The lowest BCUT2D eigenvalue weighted by Crippen LogP contribution is -2.36. The zero-order chi connectivity index (χ0) is 22.5. The predicted molar refractivity (Wildman–Crippen MR) is 126 cm³/mol. The number of urea groups is 1. The number of ether oxygens (including phenoxy) is 1. The monoisotopic (exact) mass is 463 g/mol. The number of primary amides is 1. The molecule has 0 unspecified atom stereocenters. The van der Waals surface area contributed by atoms with Crippen LogP contribution >= 0.6 is 22.7 Å². The van der Waals surface area contributed by atoms with Gasteiger partial charge in [0.25, 0.3) is 0 Å². The maximum atomic E-state index is 12.5. The predicted octanol–water partition coefficient (Wildman–Crippen LogP) is 4.36. The van der Waals surface area contributed by atoms with Crippen LogP contribution in [0.1, 0.15) is 16.6 Å². The van der Waals surface area contributed by atoms with Crippen molar-refractivity contribution in [2.75, 3.05) is 11.9 Å². The summed E-state index contributed by atoms with van der Waals surface area (Å²) in [4.78, 5) is 32.0. The first kappa shape index (κ1) is 21.3. The molecule has 0 saturated carbocycles. The van der Waals surface area contributed by atoms with Crippen molar-refractivity contribution in [3.63, 3.8) is 0 Å². The largest absolute Gasteiger partial charge is 0.447 e. The number of fused-ring (bicyclic) bond motifs is 1. The standard InChI is InChI=1S/C22H17N5O3S2/c1-2-19-26-18(11-31-19)27-22(29)25-17(10-30-21(23)28)14-8-6-13(7-9-14)15-4-3-5-16-20(15)32-12-24-16/h1,3-9,11-12,17H,10H2,(H2,23,28)(H2,25,27,29)/t17-/m0/s1. The molecule has 4 N–H and O–H groups in total. The van der Waals surface area contributed by atoms with E-state index < -0.39 is 18.2 Å². The quantitative estimate of drug-likeness (QED) is 0.367. The fourth-order valence-electron chi connectivity index (χ4n) is 3.10. The van der Waals surface area contributed by atoms with E-state index in [4.69, 9.17) is 16.9 Å². The Morgan fingerprint density at radius 2 is 2.00 bits per heavy atom. The van der Waals surface area contributed by atoms with E-state index in [1.54, 1.807) is 16.7 Å². The number of nitrogens with one attached hydrogen (secondary N) is 2. The van der Waals surface area contributed by atoms with Gasteiger partial charge in [0.2, 0.25) is 0 Å². The van der Waals surface area contributed by atoms with Crippen molar-refractivity contribution >= 4 is 50.8 Å². The van der Waals surface area contributed by atoms with E-state index in [1.807, 2.05) is 48.0 Å². The van der Waals surface area contributed by atoms with E-state index in [0.29, 0.717) is 10.8 Å². The third kappa shape index (κ3) is 4.85. The van der Waals surface area contributed by atoms with Gasteiger partial charge in [-0.15, -0.1) is 29.1 Å². The molecule has 0 aliphatic rings. The van der Waals surface area contributed by atoms with Crippen LogP contribution in [0.5, 0.6) is 0 Å². The SMILES string of the molecule is C#Cc1nc(NC(=O)N[C@@H](COC(N)=O)c2ccc(-c3cccc4ncsc34)cc2)cs1. The summed E-state index contributed by atoms with van der Waals surface area (Å²) in [5.41, 5.74) is 10.7. The number of nitrogens with zero attached hydrogens (tertiary/aromatic N) is 2. The number of benzene rings is 2. The lowest BCUT2D eigenvalue weighted by molar-refractivity contribution is 0.144. The van der Waals surface area contributed by atoms with Gasteiger partial charge in [0.15, 0.2) is 5.01 Å². The molecule has 0 radical (unpaired) electrons. The number of amides is 3. The number of hydrogen-bond donors (Lipinski definition) is 3. The van der Waals surface area contributed by atoms with E-state index in [0.717, 1.165) is 26.9 Å². The van der Waals surface area contributed by atoms with Crippen molar-refractivity contribution in [3.8, 4) is 23.5 Å². The molecule has 0 bridgehead atoms. The van der Waals surface area contributed by atoms with Gasteiger partial charge in [-0.05, 0) is 23.1 Å². The van der Waals surface area contributed by atoms with Crippen LogP contribution in [-0.2, 0) is 4.74 Å². The molecule has 32 heavy (non-hydrogen) atoms. The molecule has 4 rings (SSSR count). The highest BCUT2D eigenvalue weighted by Crippen LogP contribution is 2.31. The number of carbonyl (C=O) groups excluding carboxylic acids is 2. The van der Waals surface area contributed by atoms with Crippen LogP contribution in [-0.4, -0.2) is 28.7 Å². The third-order valence-corrected chi connectivity index (χ3v) is 6.20. The van der Waals surface area contributed by atoms with Crippen molar-refractivity contribution in [2.24, 2.45) is 5.73 Å². The van der Waals surface area contributed by atoms with Crippen molar-refractivity contribution in [3.05, 3.63) is 63.9 Å². The topological polar surface area (TPSA) is 119 Å². The van der Waals surface area contributed by atoms with Crippen LogP contribution in [0, 0.1) is 12.3 Å². The van der Waals surface area contributed by atoms with E-state index in [9.17, 15) is 9.59 Å². The zero-order valence-corrected chi connectivity index (χ0v) is 18.2. The number of hydrogen-bond acceptors (Lipinski definition) is 7. The van der Waals surface area contributed by atoms with E-state index in [2.05, 4.69) is 26.5 Å². The summed E-state index contributed by atoms with van der Waals surface area (Å²) in [6, 6.07) is 12.4. The Hall–Kier alpha value is -3.94. The molecule has 0 saturated heterocycles. The summed E-state index contributed by atoms with van der Waals surface area (Å²) in [5.74, 6) is 2.75. The maximum Gasteiger partial charge on any atom is 0.404 e. The maximum absolute atomic E-state index is 12.5. The second-order valence-electron chi connectivity index (χ2n) is 6.59. The van der Waals surface area contributed by atoms with E-state index in [1.165, 1.54) is 11.3 Å². The van der Waals surface area contributed by atoms with Crippen LogP contribution in [0.4, 0.5) is 15.4 Å². The fourth-order valence-corrected chi connectivity index (χ4v) is 4.48. The minimum atomic E-state index is -0.927. The van der Waals surface area contributed by atoms with Gasteiger partial charge in [-0.25, -0.2) is 19.6 Å². The van der Waals surface area contributed by atoms with Gasteiger partial charge in [-0.2, -0.15) is 0 Å². The molecule has 160 valence electrons. The number of rotatable bonds is 6. The Labute approximate surface area is 191 Å². The minimum Gasteiger partial charge on any atom is -0.447 e. The molecule has 2 aromatic heterocycles. The number of thiazole rings is 2. The Bertz CT molecular complexity index is 1310. The second kappa shape index (κ2) is 9.47. The van der Waals surface area contributed by atoms with Crippen molar-refractivity contribution < 1.29 is 14.3 Å². The summed E-state index contributed by atoms with van der Waals surface area (Å²) in [6.07, 6.45) is 4.38. The van der Waals surface area contributed by atoms with Crippen molar-refractivity contribution in [1.82, 2.24) is 15.3 Å². The number of carbonyl (C=O) groups is 2. The molecule has 3 amide bonds. The summed E-state index contributed by atoms with van der Waals surface area (Å²) < 4.78 is 6.04. The molecule has 0 aliphatic heterocycles. The second-order valence-corrected chi connectivity index (χ2v) is 8.30. The average molecular weight is 464 g/mol. The number of anilines is 1.